The molecular weight excluding hydrogens is 315 g/mol. The summed E-state index contributed by atoms with van der Waals surface area (Å²) in [4.78, 5) is 22.1. The Kier molecular flexibility index (Phi) is 8.16. The van der Waals surface area contributed by atoms with Gasteiger partial charge in [0.1, 0.15) is 5.75 Å². The number of carbonyl (C=O) groups excluding carboxylic acids is 2. The molecule has 0 unspecified atom stereocenters. The number of rotatable bonds is 9. The molecule has 1 aromatic rings. The lowest BCUT2D eigenvalue weighted by atomic mass is 10.2. The Morgan fingerprint density at radius 1 is 1.24 bits per heavy atom. The van der Waals surface area contributed by atoms with E-state index in [9.17, 15) is 9.59 Å². The van der Waals surface area contributed by atoms with E-state index in [1.165, 1.54) is 12.1 Å². The van der Waals surface area contributed by atoms with Crippen molar-refractivity contribution in [3.63, 3.8) is 0 Å². The van der Waals surface area contributed by atoms with Gasteiger partial charge in [0.25, 0.3) is 0 Å². The smallest absolute Gasteiger partial charge is 0.305 e. The third-order valence-electron chi connectivity index (χ3n) is 2.74. The first-order valence-electron chi connectivity index (χ1n) is 6.81. The van der Waals surface area contributed by atoms with Gasteiger partial charge in [-0.1, -0.05) is 23.2 Å². The molecule has 1 aromatic carbocycles. The molecule has 21 heavy (non-hydrogen) atoms. The standard InChI is InChI=1S/C15H18Cl2O4/c1-2-20-14(19)6-4-3-5-7-21-15-11(10-18)8-12(16)9-13(15)17/h8-10H,2-7H2,1H3. The van der Waals surface area contributed by atoms with Crippen LogP contribution in [0, 0.1) is 0 Å². The van der Waals surface area contributed by atoms with Crippen LogP contribution in [0.1, 0.15) is 43.0 Å². The second-order valence-corrected chi connectivity index (χ2v) is 5.23. The Morgan fingerprint density at radius 2 is 2.00 bits per heavy atom. The summed E-state index contributed by atoms with van der Waals surface area (Å²) in [6.45, 7) is 2.61. The molecule has 0 spiro atoms. The average molecular weight is 333 g/mol. The van der Waals surface area contributed by atoms with Crippen molar-refractivity contribution in [3.05, 3.63) is 27.7 Å². The molecule has 6 heteroatoms. The number of carbonyl (C=O) groups is 2. The highest BCUT2D eigenvalue weighted by Crippen LogP contribution is 2.31. The Balaban J connectivity index is 2.33. The number of aldehydes is 1. The molecule has 0 fully saturated rings. The van der Waals surface area contributed by atoms with Crippen molar-refractivity contribution < 1.29 is 19.1 Å². The molecule has 0 aliphatic rings. The fourth-order valence-electron chi connectivity index (χ4n) is 1.78. The Morgan fingerprint density at radius 3 is 2.67 bits per heavy atom. The summed E-state index contributed by atoms with van der Waals surface area (Å²) in [5.41, 5.74) is 0.332. The van der Waals surface area contributed by atoms with Crippen LogP contribution < -0.4 is 4.74 Å². The molecule has 0 bridgehead atoms. The van der Waals surface area contributed by atoms with Gasteiger partial charge in [-0.2, -0.15) is 0 Å². The van der Waals surface area contributed by atoms with Crippen LogP contribution in [-0.2, 0) is 9.53 Å². The SMILES string of the molecule is CCOC(=O)CCCCCOc1c(Cl)cc(Cl)cc1C=O. The van der Waals surface area contributed by atoms with Crippen LogP contribution in [0.5, 0.6) is 5.75 Å². The van der Waals surface area contributed by atoms with Gasteiger partial charge in [0.15, 0.2) is 6.29 Å². The number of hydrogen-bond donors (Lipinski definition) is 0. The highest BCUT2D eigenvalue weighted by Gasteiger charge is 2.10. The molecule has 4 nitrogen and oxygen atoms in total. The number of hydrogen-bond acceptors (Lipinski definition) is 4. The summed E-state index contributed by atoms with van der Waals surface area (Å²) < 4.78 is 10.4. The van der Waals surface area contributed by atoms with Gasteiger partial charge in [-0.3, -0.25) is 9.59 Å². The molecule has 0 N–H and O–H groups in total. The van der Waals surface area contributed by atoms with Crippen LogP contribution in [0.2, 0.25) is 10.0 Å². The van der Waals surface area contributed by atoms with E-state index in [1.54, 1.807) is 6.92 Å². The zero-order valence-corrected chi connectivity index (χ0v) is 13.4. The molecule has 0 atom stereocenters. The van der Waals surface area contributed by atoms with E-state index in [-0.39, 0.29) is 5.97 Å². The summed E-state index contributed by atoms with van der Waals surface area (Å²) in [6, 6.07) is 3.04. The zero-order chi connectivity index (χ0) is 15.7. The van der Waals surface area contributed by atoms with Crippen molar-refractivity contribution in [2.24, 2.45) is 0 Å². The largest absolute Gasteiger partial charge is 0.491 e. The number of halogens is 2. The molecule has 0 radical (unpaired) electrons. The minimum Gasteiger partial charge on any atom is -0.491 e. The molecule has 0 heterocycles. The van der Waals surface area contributed by atoms with E-state index < -0.39 is 0 Å². The molecule has 0 aliphatic carbocycles. The van der Waals surface area contributed by atoms with Crippen LogP contribution in [-0.4, -0.2) is 25.5 Å². The molecule has 0 saturated carbocycles. The lowest BCUT2D eigenvalue weighted by Crippen LogP contribution is -2.04. The second-order valence-electron chi connectivity index (χ2n) is 4.39. The third-order valence-corrected chi connectivity index (χ3v) is 3.24. The molecular formula is C15H18Cl2O4. The fraction of sp³-hybridized carbons (Fsp3) is 0.467. The molecule has 116 valence electrons. The molecule has 0 aromatic heterocycles. The summed E-state index contributed by atoms with van der Waals surface area (Å²) in [5, 5.41) is 0.708. The number of benzene rings is 1. The van der Waals surface area contributed by atoms with Gasteiger partial charge in [-0.15, -0.1) is 0 Å². The van der Waals surface area contributed by atoms with Crippen molar-refractivity contribution in [3.8, 4) is 5.75 Å². The molecule has 0 amide bonds. The van der Waals surface area contributed by atoms with E-state index in [1.807, 2.05) is 0 Å². The number of esters is 1. The van der Waals surface area contributed by atoms with Gasteiger partial charge in [0.05, 0.1) is 23.8 Å². The van der Waals surface area contributed by atoms with E-state index in [0.717, 1.165) is 19.3 Å². The van der Waals surface area contributed by atoms with Gasteiger partial charge in [0.2, 0.25) is 0 Å². The zero-order valence-electron chi connectivity index (χ0n) is 11.9. The van der Waals surface area contributed by atoms with Crippen LogP contribution in [0.25, 0.3) is 0 Å². The van der Waals surface area contributed by atoms with Crippen LogP contribution in [0.3, 0.4) is 0 Å². The van der Waals surface area contributed by atoms with Crippen molar-refractivity contribution in [2.45, 2.75) is 32.6 Å². The average Bonchev–Trinajstić information content (AvgIpc) is 2.44. The summed E-state index contributed by atoms with van der Waals surface area (Å²) in [5.74, 6) is 0.170. The van der Waals surface area contributed by atoms with Gasteiger partial charge >= 0.3 is 5.97 Å². The summed E-state index contributed by atoms with van der Waals surface area (Å²) >= 11 is 11.8. The monoisotopic (exact) mass is 332 g/mol. The lowest BCUT2D eigenvalue weighted by molar-refractivity contribution is -0.143. The van der Waals surface area contributed by atoms with Gasteiger partial charge in [0, 0.05) is 11.4 Å². The number of ether oxygens (including phenoxy) is 2. The minimum atomic E-state index is -0.178. The Labute approximate surface area is 134 Å². The van der Waals surface area contributed by atoms with Gasteiger partial charge < -0.3 is 9.47 Å². The maximum absolute atomic E-state index is 11.1. The van der Waals surface area contributed by atoms with Gasteiger partial charge in [-0.25, -0.2) is 0 Å². The number of unbranched alkanes of at least 4 members (excludes halogenated alkanes) is 2. The highest BCUT2D eigenvalue weighted by molar-refractivity contribution is 6.36. The van der Waals surface area contributed by atoms with Crippen molar-refractivity contribution in [1.29, 1.82) is 0 Å². The lowest BCUT2D eigenvalue weighted by Gasteiger charge is -2.10. The highest BCUT2D eigenvalue weighted by atomic mass is 35.5. The van der Waals surface area contributed by atoms with Crippen LogP contribution >= 0.6 is 23.2 Å². The van der Waals surface area contributed by atoms with E-state index >= 15 is 0 Å². The first-order chi connectivity index (χ1) is 10.1. The fourth-order valence-corrected chi connectivity index (χ4v) is 2.34. The normalized spacial score (nSPS) is 10.2. The predicted molar refractivity (Wildman–Crippen MR) is 82.4 cm³/mol. The predicted octanol–water partition coefficient (Wildman–Crippen LogP) is 4.31. The van der Waals surface area contributed by atoms with Gasteiger partial charge in [-0.05, 0) is 38.3 Å². The maximum Gasteiger partial charge on any atom is 0.305 e. The second kappa shape index (κ2) is 9.64. The topological polar surface area (TPSA) is 52.6 Å². The molecule has 0 saturated heterocycles. The molecule has 0 aliphatic heterocycles. The minimum absolute atomic E-state index is 0.178. The summed E-state index contributed by atoms with van der Waals surface area (Å²) in [7, 11) is 0. The van der Waals surface area contributed by atoms with Crippen molar-refractivity contribution in [2.75, 3.05) is 13.2 Å². The maximum atomic E-state index is 11.1. The van der Waals surface area contributed by atoms with Crippen LogP contribution in [0.4, 0.5) is 0 Å². The Bertz CT molecular complexity index is 489. The van der Waals surface area contributed by atoms with Crippen molar-refractivity contribution >= 4 is 35.5 Å². The first-order valence-corrected chi connectivity index (χ1v) is 7.56. The summed E-state index contributed by atoms with van der Waals surface area (Å²) in [6.07, 6.45) is 3.41. The van der Waals surface area contributed by atoms with Crippen molar-refractivity contribution in [1.82, 2.24) is 0 Å². The third kappa shape index (κ3) is 6.36. The van der Waals surface area contributed by atoms with E-state index in [0.29, 0.717) is 47.3 Å². The quantitative estimate of drug-likeness (QED) is 0.384. The Hall–Kier alpha value is -1.26. The molecule has 1 rings (SSSR count). The van der Waals surface area contributed by atoms with Crippen LogP contribution in [0.15, 0.2) is 12.1 Å². The first kappa shape index (κ1) is 17.8. The van der Waals surface area contributed by atoms with E-state index in [2.05, 4.69) is 0 Å². The van der Waals surface area contributed by atoms with E-state index in [4.69, 9.17) is 32.7 Å².